The van der Waals surface area contributed by atoms with Crippen LogP contribution in [0.1, 0.15) is 63.1 Å². The first-order valence-corrected chi connectivity index (χ1v) is 7.71. The highest BCUT2D eigenvalue weighted by Crippen LogP contribution is 2.48. The topological polar surface area (TPSA) is 33.1 Å². The van der Waals surface area contributed by atoms with Crippen molar-refractivity contribution in [3.8, 4) is 0 Å². The maximum Gasteiger partial charge on any atom is 0.0657 e. The third-order valence-corrected chi connectivity index (χ3v) is 5.40. The van der Waals surface area contributed by atoms with Crippen molar-refractivity contribution in [1.29, 1.82) is 0 Å². The molecule has 19 heavy (non-hydrogen) atoms. The standard InChI is InChI=1S/C17H25NO/c1-17(2)10-4-9-14(17)16(19)13-8-3-6-12-7-5-11-18-15(12)13/h5,7,11,13-14,16,19H,3-4,6,8-10H2,1-2H3. The van der Waals surface area contributed by atoms with Gasteiger partial charge in [0.15, 0.2) is 0 Å². The van der Waals surface area contributed by atoms with Gasteiger partial charge < -0.3 is 5.11 Å². The number of aliphatic hydroxyl groups is 1. The summed E-state index contributed by atoms with van der Waals surface area (Å²) < 4.78 is 0. The minimum absolute atomic E-state index is 0.216. The third-order valence-electron chi connectivity index (χ3n) is 5.40. The Hall–Kier alpha value is -0.890. The number of nitrogens with zero attached hydrogens (tertiary/aromatic N) is 1. The first-order valence-electron chi connectivity index (χ1n) is 7.71. The second kappa shape index (κ2) is 4.90. The van der Waals surface area contributed by atoms with E-state index < -0.39 is 0 Å². The zero-order chi connectivity index (χ0) is 13.5. The molecule has 0 spiro atoms. The quantitative estimate of drug-likeness (QED) is 0.878. The van der Waals surface area contributed by atoms with Crippen LogP contribution in [-0.2, 0) is 6.42 Å². The van der Waals surface area contributed by atoms with Gasteiger partial charge in [0.1, 0.15) is 0 Å². The largest absolute Gasteiger partial charge is 0.392 e. The zero-order valence-corrected chi connectivity index (χ0v) is 12.1. The van der Waals surface area contributed by atoms with Crippen LogP contribution in [-0.4, -0.2) is 16.2 Å². The summed E-state index contributed by atoms with van der Waals surface area (Å²) in [5, 5.41) is 10.9. The number of hydrogen-bond acceptors (Lipinski definition) is 2. The summed E-state index contributed by atoms with van der Waals surface area (Å²) in [5.74, 6) is 0.692. The summed E-state index contributed by atoms with van der Waals surface area (Å²) in [6, 6.07) is 4.20. The molecule has 2 heteroatoms. The smallest absolute Gasteiger partial charge is 0.0657 e. The summed E-state index contributed by atoms with van der Waals surface area (Å²) in [7, 11) is 0. The van der Waals surface area contributed by atoms with Gasteiger partial charge >= 0.3 is 0 Å². The molecule has 0 aromatic carbocycles. The number of hydrogen-bond donors (Lipinski definition) is 1. The fourth-order valence-electron chi connectivity index (χ4n) is 4.24. The van der Waals surface area contributed by atoms with Crippen LogP contribution in [0, 0.1) is 11.3 Å². The Kier molecular flexibility index (Phi) is 3.38. The molecule has 0 saturated heterocycles. The van der Waals surface area contributed by atoms with Crippen LogP contribution >= 0.6 is 0 Å². The van der Waals surface area contributed by atoms with Crippen molar-refractivity contribution in [2.75, 3.05) is 0 Å². The number of rotatable bonds is 2. The van der Waals surface area contributed by atoms with E-state index in [1.165, 1.54) is 36.9 Å². The lowest BCUT2D eigenvalue weighted by atomic mass is 9.71. The molecule has 3 unspecified atom stereocenters. The van der Waals surface area contributed by atoms with E-state index in [-0.39, 0.29) is 17.4 Å². The SMILES string of the molecule is CC1(C)CCCC1C(O)C1CCCc2cccnc21. The fraction of sp³-hybridized carbons (Fsp3) is 0.706. The average molecular weight is 259 g/mol. The molecule has 1 aromatic heterocycles. The predicted octanol–water partition coefficient (Wildman–Crippen LogP) is 3.69. The number of pyridine rings is 1. The molecule has 2 nitrogen and oxygen atoms in total. The van der Waals surface area contributed by atoms with Crippen molar-refractivity contribution in [2.45, 2.75) is 64.4 Å². The fourth-order valence-corrected chi connectivity index (χ4v) is 4.24. The van der Waals surface area contributed by atoms with Gasteiger partial charge in [-0.25, -0.2) is 0 Å². The Labute approximate surface area is 116 Å². The lowest BCUT2D eigenvalue weighted by Gasteiger charge is -2.37. The highest BCUT2D eigenvalue weighted by molar-refractivity contribution is 5.27. The van der Waals surface area contributed by atoms with Gasteiger partial charge in [-0.1, -0.05) is 26.3 Å². The van der Waals surface area contributed by atoms with Crippen LogP contribution in [0.4, 0.5) is 0 Å². The predicted molar refractivity (Wildman–Crippen MR) is 77.0 cm³/mol. The first-order chi connectivity index (χ1) is 9.09. The van der Waals surface area contributed by atoms with Crippen molar-refractivity contribution in [3.05, 3.63) is 29.6 Å². The van der Waals surface area contributed by atoms with Crippen molar-refractivity contribution >= 4 is 0 Å². The Morgan fingerprint density at radius 3 is 2.89 bits per heavy atom. The molecule has 0 bridgehead atoms. The molecular weight excluding hydrogens is 234 g/mol. The van der Waals surface area contributed by atoms with Gasteiger partial charge in [0, 0.05) is 17.8 Å². The highest BCUT2D eigenvalue weighted by Gasteiger charge is 2.43. The molecule has 1 fully saturated rings. The molecule has 3 atom stereocenters. The summed E-state index contributed by atoms with van der Waals surface area (Å²) in [5.41, 5.74) is 2.81. The van der Waals surface area contributed by atoms with Crippen LogP contribution in [0.5, 0.6) is 0 Å². The number of fused-ring (bicyclic) bond motifs is 1. The minimum Gasteiger partial charge on any atom is -0.392 e. The second-order valence-electron chi connectivity index (χ2n) is 7.02. The highest BCUT2D eigenvalue weighted by atomic mass is 16.3. The zero-order valence-electron chi connectivity index (χ0n) is 12.1. The van der Waals surface area contributed by atoms with E-state index in [4.69, 9.17) is 0 Å². The molecular formula is C17H25NO. The Bertz CT molecular complexity index is 454. The van der Waals surface area contributed by atoms with Crippen molar-refractivity contribution in [2.24, 2.45) is 11.3 Å². The van der Waals surface area contributed by atoms with E-state index >= 15 is 0 Å². The first kappa shape index (κ1) is 13.1. The van der Waals surface area contributed by atoms with Crippen molar-refractivity contribution in [1.82, 2.24) is 4.98 Å². The molecule has 104 valence electrons. The normalized spacial score (nSPS) is 30.9. The van der Waals surface area contributed by atoms with Gasteiger partial charge in [0.25, 0.3) is 0 Å². The number of aryl methyl sites for hydroxylation is 1. The molecule has 2 aliphatic rings. The van der Waals surface area contributed by atoms with Gasteiger partial charge in [0.2, 0.25) is 0 Å². The summed E-state index contributed by atoms with van der Waals surface area (Å²) >= 11 is 0. The number of aromatic nitrogens is 1. The van der Waals surface area contributed by atoms with Crippen LogP contribution in [0.3, 0.4) is 0 Å². The Morgan fingerprint density at radius 2 is 2.16 bits per heavy atom. The molecule has 0 radical (unpaired) electrons. The van der Waals surface area contributed by atoms with E-state index in [1.807, 2.05) is 12.3 Å². The molecule has 2 aliphatic carbocycles. The summed E-state index contributed by atoms with van der Waals surface area (Å²) in [6.45, 7) is 4.63. The van der Waals surface area contributed by atoms with Crippen molar-refractivity contribution < 1.29 is 5.11 Å². The van der Waals surface area contributed by atoms with E-state index in [2.05, 4.69) is 24.9 Å². The van der Waals surface area contributed by atoms with Crippen molar-refractivity contribution in [3.63, 3.8) is 0 Å². The Morgan fingerprint density at radius 1 is 1.32 bits per heavy atom. The average Bonchev–Trinajstić information content (AvgIpc) is 2.77. The molecule has 1 N–H and O–H groups in total. The number of aliphatic hydroxyl groups excluding tert-OH is 1. The summed E-state index contributed by atoms with van der Waals surface area (Å²) in [4.78, 5) is 4.58. The molecule has 0 aliphatic heterocycles. The van der Waals surface area contributed by atoms with Crippen LogP contribution in [0.15, 0.2) is 18.3 Å². The monoisotopic (exact) mass is 259 g/mol. The molecule has 3 rings (SSSR count). The van der Waals surface area contributed by atoms with Gasteiger partial charge in [-0.3, -0.25) is 4.98 Å². The Balaban J connectivity index is 1.87. The molecule has 1 aromatic rings. The molecule has 1 heterocycles. The molecule has 0 amide bonds. The van der Waals surface area contributed by atoms with E-state index in [0.717, 1.165) is 12.8 Å². The maximum atomic E-state index is 10.9. The van der Waals surface area contributed by atoms with E-state index in [1.54, 1.807) is 0 Å². The van der Waals surface area contributed by atoms with E-state index in [0.29, 0.717) is 5.92 Å². The van der Waals surface area contributed by atoms with Crippen LogP contribution in [0.2, 0.25) is 0 Å². The van der Waals surface area contributed by atoms with Gasteiger partial charge in [-0.05, 0) is 55.1 Å². The lowest BCUT2D eigenvalue weighted by molar-refractivity contribution is 0.0271. The minimum atomic E-state index is -0.216. The van der Waals surface area contributed by atoms with Gasteiger partial charge in [0.05, 0.1) is 6.10 Å². The summed E-state index contributed by atoms with van der Waals surface area (Å²) in [6.07, 6.45) is 8.75. The van der Waals surface area contributed by atoms with Crippen LogP contribution < -0.4 is 0 Å². The van der Waals surface area contributed by atoms with Gasteiger partial charge in [-0.15, -0.1) is 0 Å². The van der Waals surface area contributed by atoms with Crippen LogP contribution in [0.25, 0.3) is 0 Å². The third kappa shape index (κ3) is 2.31. The van der Waals surface area contributed by atoms with Gasteiger partial charge in [-0.2, -0.15) is 0 Å². The second-order valence-corrected chi connectivity index (χ2v) is 7.02. The molecule has 1 saturated carbocycles. The lowest BCUT2D eigenvalue weighted by Crippen LogP contribution is -2.36. The van der Waals surface area contributed by atoms with E-state index in [9.17, 15) is 5.11 Å². The maximum absolute atomic E-state index is 10.9.